The first-order chi connectivity index (χ1) is 4.62. The third kappa shape index (κ3) is 5.00. The second-order valence-corrected chi connectivity index (χ2v) is 7.46. The van der Waals surface area contributed by atoms with Crippen LogP contribution in [0, 0.1) is 6.61 Å². The minimum Gasteiger partial charge on any atom is -0.412 e. The summed E-state index contributed by atoms with van der Waals surface area (Å²) in [5, 5.41) is 0. The molecule has 0 spiro atoms. The molecule has 0 aromatic heterocycles. The Balaban J connectivity index is 3.42. The normalized spacial score (nSPS) is 12.0. The molecule has 0 N–H and O–H groups in total. The van der Waals surface area contributed by atoms with Crippen molar-refractivity contribution in [2.45, 2.75) is 45.8 Å². The Morgan fingerprint density at radius 3 is 2.30 bits per heavy atom. The topological polar surface area (TPSA) is 9.23 Å². The molecule has 0 fully saturated rings. The largest absolute Gasteiger partial charge is 0.412 e. The van der Waals surface area contributed by atoms with Crippen molar-refractivity contribution in [2.24, 2.45) is 0 Å². The first kappa shape index (κ1) is 10.2. The third-order valence-electron chi connectivity index (χ3n) is 1.42. The van der Waals surface area contributed by atoms with Crippen LogP contribution in [0.1, 0.15) is 26.7 Å². The maximum Gasteiger partial charge on any atom is 0.187 e. The van der Waals surface area contributed by atoms with E-state index in [1.54, 1.807) is 0 Å². The molecule has 0 bridgehead atoms. The van der Waals surface area contributed by atoms with E-state index in [0.717, 1.165) is 6.42 Å². The smallest absolute Gasteiger partial charge is 0.187 e. The van der Waals surface area contributed by atoms with Gasteiger partial charge in [-0.15, -0.1) is 0 Å². The van der Waals surface area contributed by atoms with Crippen LogP contribution in [0.15, 0.2) is 0 Å². The van der Waals surface area contributed by atoms with Crippen molar-refractivity contribution in [1.82, 2.24) is 0 Å². The highest BCUT2D eigenvalue weighted by molar-refractivity contribution is 6.71. The van der Waals surface area contributed by atoms with E-state index >= 15 is 0 Å². The van der Waals surface area contributed by atoms with Gasteiger partial charge in [0.15, 0.2) is 8.32 Å². The van der Waals surface area contributed by atoms with Crippen molar-refractivity contribution < 1.29 is 4.43 Å². The fraction of sp³-hybridized carbons (Fsp3) is 0.875. The lowest BCUT2D eigenvalue weighted by Gasteiger charge is -2.20. The standard InChI is InChI=1S/C8H19OSi/c1-5-7-9-10(3,4)8-6-2/h7H,5-6,8H2,1-4H3. The molecule has 2 heteroatoms. The van der Waals surface area contributed by atoms with Gasteiger partial charge in [-0.25, -0.2) is 0 Å². The first-order valence-corrected chi connectivity index (χ1v) is 7.23. The van der Waals surface area contributed by atoms with Crippen molar-refractivity contribution >= 4 is 8.32 Å². The molecule has 0 aliphatic carbocycles. The minimum atomic E-state index is -1.28. The lowest BCUT2D eigenvalue weighted by atomic mass is 10.5. The highest BCUT2D eigenvalue weighted by Gasteiger charge is 2.19. The Morgan fingerprint density at radius 2 is 1.90 bits per heavy atom. The van der Waals surface area contributed by atoms with Gasteiger partial charge in [0.05, 0.1) is 6.61 Å². The number of hydrogen-bond donors (Lipinski definition) is 0. The van der Waals surface area contributed by atoms with Crippen LogP contribution in [0.3, 0.4) is 0 Å². The fourth-order valence-electron chi connectivity index (χ4n) is 0.970. The van der Waals surface area contributed by atoms with Gasteiger partial charge < -0.3 is 4.43 Å². The van der Waals surface area contributed by atoms with Crippen LogP contribution in [0.4, 0.5) is 0 Å². The number of rotatable bonds is 5. The zero-order valence-electron chi connectivity index (χ0n) is 7.61. The summed E-state index contributed by atoms with van der Waals surface area (Å²) in [5.41, 5.74) is 0. The van der Waals surface area contributed by atoms with E-state index in [1.807, 2.05) is 6.61 Å². The maximum absolute atomic E-state index is 5.63. The van der Waals surface area contributed by atoms with Crippen LogP contribution in [-0.2, 0) is 4.43 Å². The van der Waals surface area contributed by atoms with Gasteiger partial charge in [-0.2, -0.15) is 0 Å². The van der Waals surface area contributed by atoms with Crippen LogP contribution in [0.2, 0.25) is 19.1 Å². The summed E-state index contributed by atoms with van der Waals surface area (Å²) in [4.78, 5) is 0. The second-order valence-electron chi connectivity index (χ2n) is 3.20. The van der Waals surface area contributed by atoms with Gasteiger partial charge in [0.2, 0.25) is 0 Å². The molecular weight excluding hydrogens is 140 g/mol. The van der Waals surface area contributed by atoms with Crippen molar-refractivity contribution in [1.29, 1.82) is 0 Å². The van der Waals surface area contributed by atoms with Crippen LogP contribution in [0.5, 0.6) is 0 Å². The summed E-state index contributed by atoms with van der Waals surface area (Å²) < 4.78 is 5.63. The van der Waals surface area contributed by atoms with Gasteiger partial charge in [0.25, 0.3) is 0 Å². The minimum absolute atomic E-state index is 1.03. The highest BCUT2D eigenvalue weighted by Crippen LogP contribution is 2.14. The average molecular weight is 159 g/mol. The Bertz CT molecular complexity index is 81.3. The average Bonchev–Trinajstić information content (AvgIpc) is 1.84. The summed E-state index contributed by atoms with van der Waals surface area (Å²) in [5.74, 6) is 0. The quantitative estimate of drug-likeness (QED) is 0.560. The summed E-state index contributed by atoms with van der Waals surface area (Å²) in [6.45, 7) is 10.8. The molecule has 0 aromatic rings. The molecule has 0 unspecified atom stereocenters. The summed E-state index contributed by atoms with van der Waals surface area (Å²) in [6, 6.07) is 1.27. The molecule has 0 amide bonds. The Morgan fingerprint density at radius 1 is 1.30 bits per heavy atom. The van der Waals surface area contributed by atoms with Crippen LogP contribution in [0.25, 0.3) is 0 Å². The third-order valence-corrected chi connectivity index (χ3v) is 3.93. The van der Waals surface area contributed by atoms with E-state index in [2.05, 4.69) is 26.9 Å². The van der Waals surface area contributed by atoms with Gasteiger partial charge in [0.1, 0.15) is 0 Å². The highest BCUT2D eigenvalue weighted by atomic mass is 28.4. The van der Waals surface area contributed by atoms with E-state index in [9.17, 15) is 0 Å². The summed E-state index contributed by atoms with van der Waals surface area (Å²) in [7, 11) is -1.28. The zero-order valence-corrected chi connectivity index (χ0v) is 8.61. The van der Waals surface area contributed by atoms with Crippen LogP contribution >= 0.6 is 0 Å². The van der Waals surface area contributed by atoms with Crippen LogP contribution < -0.4 is 0 Å². The molecule has 0 aliphatic heterocycles. The van der Waals surface area contributed by atoms with Gasteiger partial charge in [0, 0.05) is 0 Å². The Labute approximate surface area is 65.9 Å². The molecule has 61 valence electrons. The van der Waals surface area contributed by atoms with Crippen molar-refractivity contribution in [3.8, 4) is 0 Å². The van der Waals surface area contributed by atoms with E-state index < -0.39 is 8.32 Å². The maximum atomic E-state index is 5.63. The summed E-state index contributed by atoms with van der Waals surface area (Å²) >= 11 is 0. The molecule has 0 aromatic carbocycles. The Kier molecular flexibility index (Phi) is 5.00. The van der Waals surface area contributed by atoms with E-state index in [1.165, 1.54) is 12.5 Å². The number of hydrogen-bond acceptors (Lipinski definition) is 1. The Hall–Kier alpha value is 0.177. The van der Waals surface area contributed by atoms with E-state index in [4.69, 9.17) is 4.43 Å². The van der Waals surface area contributed by atoms with Crippen LogP contribution in [-0.4, -0.2) is 8.32 Å². The van der Waals surface area contributed by atoms with Crippen molar-refractivity contribution in [3.05, 3.63) is 6.61 Å². The molecule has 0 aliphatic rings. The molecular formula is C8H19OSi. The molecule has 0 saturated carbocycles. The molecule has 1 nitrogen and oxygen atoms in total. The van der Waals surface area contributed by atoms with Gasteiger partial charge in [-0.05, 0) is 25.6 Å². The molecule has 0 saturated heterocycles. The van der Waals surface area contributed by atoms with Crippen molar-refractivity contribution in [3.63, 3.8) is 0 Å². The first-order valence-electron chi connectivity index (χ1n) is 4.12. The molecule has 0 rings (SSSR count). The molecule has 0 atom stereocenters. The lowest BCUT2D eigenvalue weighted by molar-refractivity contribution is 0.386. The molecule has 10 heavy (non-hydrogen) atoms. The second kappa shape index (κ2) is 4.91. The van der Waals surface area contributed by atoms with E-state index in [0.29, 0.717) is 0 Å². The SMILES string of the molecule is CC[CH]O[Si](C)(C)CCC. The predicted octanol–water partition coefficient (Wildman–Crippen LogP) is 3.19. The monoisotopic (exact) mass is 159 g/mol. The van der Waals surface area contributed by atoms with Gasteiger partial charge >= 0.3 is 0 Å². The van der Waals surface area contributed by atoms with E-state index in [-0.39, 0.29) is 0 Å². The van der Waals surface area contributed by atoms with Gasteiger partial charge in [-0.1, -0.05) is 20.3 Å². The zero-order chi connectivity index (χ0) is 8.04. The lowest BCUT2D eigenvalue weighted by Crippen LogP contribution is -2.28. The fourth-order valence-corrected chi connectivity index (χ4v) is 2.91. The van der Waals surface area contributed by atoms with Gasteiger partial charge in [-0.3, -0.25) is 0 Å². The summed E-state index contributed by atoms with van der Waals surface area (Å²) in [6.07, 6.45) is 2.27. The molecule has 1 radical (unpaired) electrons. The predicted molar refractivity (Wildman–Crippen MR) is 48.3 cm³/mol. The van der Waals surface area contributed by atoms with Crippen molar-refractivity contribution in [2.75, 3.05) is 0 Å². The molecule has 0 heterocycles.